The fraction of sp³-hybridized carbons (Fsp3) is 0.684. The van der Waals surface area contributed by atoms with Crippen molar-refractivity contribution in [3.63, 3.8) is 0 Å². The predicted molar refractivity (Wildman–Crippen MR) is 88.7 cm³/mol. The zero-order valence-corrected chi connectivity index (χ0v) is 13.8. The second-order valence-electron chi connectivity index (χ2n) is 7.42. The van der Waals surface area contributed by atoms with Crippen LogP contribution in [-0.4, -0.2) is 54.7 Å². The molecule has 126 valence electrons. The highest BCUT2D eigenvalue weighted by atomic mass is 19.1. The van der Waals surface area contributed by atoms with Crippen molar-refractivity contribution < 1.29 is 9.13 Å². The number of ether oxygens (including phenoxy) is 1. The van der Waals surface area contributed by atoms with Crippen LogP contribution < -0.4 is 0 Å². The summed E-state index contributed by atoms with van der Waals surface area (Å²) in [5.74, 6) is 0.855. The lowest BCUT2D eigenvalue weighted by Gasteiger charge is -2.49. The average molecular weight is 318 g/mol. The number of hydrogen-bond donors (Lipinski definition) is 0. The van der Waals surface area contributed by atoms with Crippen molar-refractivity contribution in [3.05, 3.63) is 35.6 Å². The van der Waals surface area contributed by atoms with Gasteiger partial charge in [0.1, 0.15) is 5.82 Å². The average Bonchev–Trinajstić information content (AvgIpc) is 3.35. The quantitative estimate of drug-likeness (QED) is 0.802. The van der Waals surface area contributed by atoms with Gasteiger partial charge in [-0.25, -0.2) is 4.39 Å². The van der Waals surface area contributed by atoms with Gasteiger partial charge in [-0.3, -0.25) is 9.80 Å². The van der Waals surface area contributed by atoms with E-state index in [0.29, 0.717) is 12.1 Å². The molecule has 1 aliphatic carbocycles. The van der Waals surface area contributed by atoms with E-state index in [9.17, 15) is 4.39 Å². The van der Waals surface area contributed by atoms with Gasteiger partial charge in [0, 0.05) is 57.0 Å². The molecule has 3 nitrogen and oxygen atoms in total. The maximum Gasteiger partial charge on any atom is 0.127 e. The number of halogens is 1. The molecule has 2 saturated heterocycles. The highest BCUT2D eigenvalue weighted by molar-refractivity contribution is 5.17. The van der Waals surface area contributed by atoms with Gasteiger partial charge in [-0.1, -0.05) is 18.2 Å². The second kappa shape index (κ2) is 6.88. The third-order valence-corrected chi connectivity index (χ3v) is 5.58. The summed E-state index contributed by atoms with van der Waals surface area (Å²) in [6.45, 7) is 6.00. The molecule has 2 aliphatic heterocycles. The first-order valence-corrected chi connectivity index (χ1v) is 9.09. The Morgan fingerprint density at radius 2 is 1.78 bits per heavy atom. The molecule has 2 heterocycles. The van der Waals surface area contributed by atoms with Gasteiger partial charge < -0.3 is 4.74 Å². The van der Waals surface area contributed by atoms with Crippen molar-refractivity contribution in [2.75, 3.05) is 32.8 Å². The number of nitrogens with zero attached hydrogens (tertiary/aromatic N) is 2. The first-order chi connectivity index (χ1) is 11.3. The zero-order valence-electron chi connectivity index (χ0n) is 13.8. The molecule has 1 saturated carbocycles. The summed E-state index contributed by atoms with van der Waals surface area (Å²) in [6, 6.07) is 8.52. The third-order valence-electron chi connectivity index (χ3n) is 5.58. The van der Waals surface area contributed by atoms with E-state index in [-0.39, 0.29) is 5.82 Å². The minimum atomic E-state index is -0.0739. The van der Waals surface area contributed by atoms with Crippen LogP contribution in [0.15, 0.2) is 24.3 Å². The Balaban J connectivity index is 1.33. The Labute approximate surface area is 138 Å². The molecule has 0 unspecified atom stereocenters. The fourth-order valence-corrected chi connectivity index (χ4v) is 3.96. The van der Waals surface area contributed by atoms with Crippen molar-refractivity contribution in [3.8, 4) is 0 Å². The van der Waals surface area contributed by atoms with Gasteiger partial charge in [0.25, 0.3) is 0 Å². The molecule has 0 atom stereocenters. The molecule has 4 rings (SSSR count). The molecule has 4 heteroatoms. The van der Waals surface area contributed by atoms with Crippen LogP contribution in [0.2, 0.25) is 0 Å². The van der Waals surface area contributed by atoms with Crippen molar-refractivity contribution in [2.24, 2.45) is 5.92 Å². The second-order valence-corrected chi connectivity index (χ2v) is 7.42. The Morgan fingerprint density at radius 3 is 2.48 bits per heavy atom. The standard InChI is InChI=1S/C19H27FN2O/c20-19-4-2-1-3-16(19)12-21-13-18(14-21)22(11-15-5-6-15)17-7-9-23-10-8-17/h1-4,15,17-18H,5-14H2. The molecule has 3 fully saturated rings. The van der Waals surface area contributed by atoms with Gasteiger partial charge >= 0.3 is 0 Å². The van der Waals surface area contributed by atoms with Crippen LogP contribution in [0.5, 0.6) is 0 Å². The topological polar surface area (TPSA) is 15.7 Å². The minimum Gasteiger partial charge on any atom is -0.381 e. The van der Waals surface area contributed by atoms with Crippen molar-refractivity contribution in [1.29, 1.82) is 0 Å². The smallest absolute Gasteiger partial charge is 0.127 e. The largest absolute Gasteiger partial charge is 0.381 e. The van der Waals surface area contributed by atoms with Gasteiger partial charge in [-0.2, -0.15) is 0 Å². The van der Waals surface area contributed by atoms with E-state index in [1.54, 1.807) is 12.1 Å². The number of hydrogen-bond acceptors (Lipinski definition) is 3. The Morgan fingerprint density at radius 1 is 1.04 bits per heavy atom. The van der Waals surface area contributed by atoms with Crippen LogP contribution in [0, 0.1) is 11.7 Å². The molecule has 1 aromatic carbocycles. The summed E-state index contributed by atoms with van der Waals surface area (Å²) in [5, 5.41) is 0. The summed E-state index contributed by atoms with van der Waals surface area (Å²) in [7, 11) is 0. The molecule has 3 aliphatic rings. The van der Waals surface area contributed by atoms with Crippen LogP contribution in [0.4, 0.5) is 4.39 Å². The van der Waals surface area contributed by atoms with Crippen molar-refractivity contribution in [2.45, 2.75) is 44.3 Å². The number of rotatable bonds is 6. The summed E-state index contributed by atoms with van der Waals surface area (Å²) in [4.78, 5) is 5.14. The van der Waals surface area contributed by atoms with E-state index in [2.05, 4.69) is 9.80 Å². The van der Waals surface area contributed by atoms with E-state index in [1.165, 1.54) is 32.2 Å². The number of likely N-dealkylation sites (tertiary alicyclic amines) is 1. The van der Waals surface area contributed by atoms with Gasteiger partial charge in [-0.05, 0) is 37.7 Å². The fourth-order valence-electron chi connectivity index (χ4n) is 3.96. The molecule has 0 amide bonds. The van der Waals surface area contributed by atoms with Crippen molar-refractivity contribution >= 4 is 0 Å². The highest BCUT2D eigenvalue weighted by Gasteiger charge is 2.38. The SMILES string of the molecule is Fc1ccccc1CN1CC(N(CC2CC2)C2CCOCC2)C1. The summed E-state index contributed by atoms with van der Waals surface area (Å²) in [5.41, 5.74) is 0.825. The number of benzene rings is 1. The lowest BCUT2D eigenvalue weighted by atomic mass is 9.98. The lowest BCUT2D eigenvalue weighted by Crippen LogP contribution is -2.62. The molecule has 23 heavy (non-hydrogen) atoms. The maximum atomic E-state index is 13.8. The predicted octanol–water partition coefficient (Wildman–Crippen LogP) is 2.90. The van der Waals surface area contributed by atoms with E-state index in [4.69, 9.17) is 4.74 Å². The molecule has 0 radical (unpaired) electrons. The highest BCUT2D eigenvalue weighted by Crippen LogP contribution is 2.34. The molecule has 0 aromatic heterocycles. The first-order valence-electron chi connectivity index (χ1n) is 9.09. The van der Waals surface area contributed by atoms with Gasteiger partial charge in [-0.15, -0.1) is 0 Å². The van der Waals surface area contributed by atoms with Crippen LogP contribution in [-0.2, 0) is 11.3 Å². The molecule has 1 aromatic rings. The van der Waals surface area contributed by atoms with E-state index in [0.717, 1.165) is 44.3 Å². The lowest BCUT2D eigenvalue weighted by molar-refractivity contribution is -0.0357. The summed E-state index contributed by atoms with van der Waals surface area (Å²) in [6.07, 6.45) is 5.17. The van der Waals surface area contributed by atoms with Crippen molar-refractivity contribution in [1.82, 2.24) is 9.80 Å². The van der Waals surface area contributed by atoms with Crippen LogP contribution in [0.25, 0.3) is 0 Å². The Hall–Kier alpha value is -0.970. The van der Waals surface area contributed by atoms with Gasteiger partial charge in [0.2, 0.25) is 0 Å². The first kappa shape index (κ1) is 15.6. The van der Waals surface area contributed by atoms with E-state index in [1.807, 2.05) is 12.1 Å². The normalized spacial score (nSPS) is 24.1. The Kier molecular flexibility index (Phi) is 4.65. The van der Waals surface area contributed by atoms with Gasteiger partial charge in [0.05, 0.1) is 0 Å². The molecule has 0 spiro atoms. The van der Waals surface area contributed by atoms with E-state index < -0.39 is 0 Å². The third kappa shape index (κ3) is 3.76. The molecule has 0 N–H and O–H groups in total. The minimum absolute atomic E-state index is 0.0739. The van der Waals surface area contributed by atoms with Crippen LogP contribution in [0.3, 0.4) is 0 Å². The van der Waals surface area contributed by atoms with Gasteiger partial charge in [0.15, 0.2) is 0 Å². The summed E-state index contributed by atoms with van der Waals surface area (Å²) >= 11 is 0. The van der Waals surface area contributed by atoms with Crippen LogP contribution >= 0.6 is 0 Å². The summed E-state index contributed by atoms with van der Waals surface area (Å²) < 4.78 is 19.3. The van der Waals surface area contributed by atoms with Crippen LogP contribution in [0.1, 0.15) is 31.2 Å². The molecular weight excluding hydrogens is 291 g/mol. The Bertz CT molecular complexity index is 522. The molecular formula is C19H27FN2O. The maximum absolute atomic E-state index is 13.8. The van der Waals surface area contributed by atoms with E-state index >= 15 is 0 Å². The zero-order chi connectivity index (χ0) is 15.6. The molecule has 0 bridgehead atoms. The monoisotopic (exact) mass is 318 g/mol.